The Labute approximate surface area is 143 Å². The van der Waals surface area contributed by atoms with E-state index >= 15 is 0 Å². The van der Waals surface area contributed by atoms with Crippen molar-refractivity contribution in [2.75, 3.05) is 11.4 Å². The highest BCUT2D eigenvalue weighted by atomic mass is 19.1. The summed E-state index contributed by atoms with van der Waals surface area (Å²) in [6.45, 7) is 1.18. The summed E-state index contributed by atoms with van der Waals surface area (Å²) < 4.78 is 14.0. The Balaban J connectivity index is 1.75. The summed E-state index contributed by atoms with van der Waals surface area (Å²) in [4.78, 5) is 14.5. The number of fused-ring (bicyclic) bond motifs is 1. The van der Waals surface area contributed by atoms with Crippen molar-refractivity contribution in [2.45, 2.75) is 13.0 Å². The lowest BCUT2D eigenvalue weighted by atomic mass is 10.00. The van der Waals surface area contributed by atoms with E-state index in [2.05, 4.69) is 16.3 Å². The molecule has 1 N–H and O–H groups in total. The summed E-state index contributed by atoms with van der Waals surface area (Å²) in [7, 11) is 0. The van der Waals surface area contributed by atoms with E-state index in [1.54, 1.807) is 12.1 Å². The third-order valence-electron chi connectivity index (χ3n) is 4.30. The number of aromatic carboxylic acids is 1. The summed E-state index contributed by atoms with van der Waals surface area (Å²) in [6, 6.07) is 14.0. The van der Waals surface area contributed by atoms with Crippen LogP contribution in [0.3, 0.4) is 0 Å². The van der Waals surface area contributed by atoms with Crippen molar-refractivity contribution in [2.24, 2.45) is 0 Å². The van der Waals surface area contributed by atoms with E-state index in [-0.39, 0.29) is 17.2 Å². The molecule has 2 aromatic carbocycles. The molecular formula is C18H15FN4O2. The van der Waals surface area contributed by atoms with Crippen LogP contribution in [0.4, 0.5) is 10.2 Å². The van der Waals surface area contributed by atoms with Crippen molar-refractivity contribution in [3.05, 3.63) is 71.2 Å². The van der Waals surface area contributed by atoms with Crippen LogP contribution in [0.2, 0.25) is 0 Å². The summed E-state index contributed by atoms with van der Waals surface area (Å²) in [5.41, 5.74) is 2.32. The van der Waals surface area contributed by atoms with Gasteiger partial charge in [0.05, 0.1) is 0 Å². The monoisotopic (exact) mass is 338 g/mol. The van der Waals surface area contributed by atoms with Crippen molar-refractivity contribution in [1.82, 2.24) is 15.0 Å². The molecule has 4 rings (SSSR count). The predicted molar refractivity (Wildman–Crippen MR) is 89.5 cm³/mol. The van der Waals surface area contributed by atoms with Gasteiger partial charge < -0.3 is 10.0 Å². The number of hydrogen-bond acceptors (Lipinski definition) is 4. The molecule has 2 heterocycles. The molecule has 0 amide bonds. The molecular weight excluding hydrogens is 323 g/mol. The average Bonchev–Trinajstić information content (AvgIpc) is 3.07. The van der Waals surface area contributed by atoms with Crippen LogP contribution in [0.5, 0.6) is 0 Å². The van der Waals surface area contributed by atoms with Crippen molar-refractivity contribution in [1.29, 1.82) is 0 Å². The van der Waals surface area contributed by atoms with Crippen LogP contribution in [0, 0.1) is 5.82 Å². The minimum Gasteiger partial charge on any atom is -0.476 e. The van der Waals surface area contributed by atoms with Gasteiger partial charge >= 0.3 is 5.97 Å². The minimum absolute atomic E-state index is 0.119. The number of aromatic nitrogens is 3. The summed E-state index contributed by atoms with van der Waals surface area (Å²) in [5.74, 6) is -1.44. The van der Waals surface area contributed by atoms with Gasteiger partial charge in [-0.05, 0) is 29.7 Å². The number of hydrogen-bond donors (Lipinski definition) is 1. The highest BCUT2D eigenvalue weighted by molar-refractivity contribution is 5.91. The largest absolute Gasteiger partial charge is 0.476 e. The molecule has 0 bridgehead atoms. The molecule has 3 aromatic rings. The molecule has 25 heavy (non-hydrogen) atoms. The van der Waals surface area contributed by atoms with Crippen LogP contribution in [0.1, 0.15) is 21.6 Å². The van der Waals surface area contributed by atoms with Crippen molar-refractivity contribution in [3.8, 4) is 5.69 Å². The first-order valence-corrected chi connectivity index (χ1v) is 7.91. The van der Waals surface area contributed by atoms with E-state index in [1.807, 2.05) is 23.1 Å². The number of rotatable bonds is 3. The van der Waals surface area contributed by atoms with Gasteiger partial charge in [0.15, 0.2) is 11.6 Å². The van der Waals surface area contributed by atoms with Crippen LogP contribution in [0.25, 0.3) is 5.69 Å². The number of halogens is 1. The Morgan fingerprint density at radius 3 is 2.52 bits per heavy atom. The number of anilines is 1. The third-order valence-corrected chi connectivity index (χ3v) is 4.30. The van der Waals surface area contributed by atoms with Crippen molar-refractivity contribution >= 4 is 11.8 Å². The zero-order valence-corrected chi connectivity index (χ0v) is 13.3. The minimum atomic E-state index is -1.18. The van der Waals surface area contributed by atoms with Crippen LogP contribution in [0.15, 0.2) is 48.5 Å². The fraction of sp³-hybridized carbons (Fsp3) is 0.167. The molecule has 1 aliphatic rings. The zero-order chi connectivity index (χ0) is 17.4. The molecule has 1 aromatic heterocycles. The molecule has 7 heteroatoms. The lowest BCUT2D eigenvalue weighted by molar-refractivity contribution is 0.0690. The number of para-hydroxylation sites is 1. The van der Waals surface area contributed by atoms with Crippen LogP contribution < -0.4 is 4.90 Å². The number of carbonyl (C=O) groups is 1. The van der Waals surface area contributed by atoms with Crippen molar-refractivity contribution in [3.63, 3.8) is 0 Å². The fourth-order valence-electron chi connectivity index (χ4n) is 3.05. The fourth-order valence-corrected chi connectivity index (χ4v) is 3.05. The Morgan fingerprint density at radius 2 is 1.76 bits per heavy atom. The van der Waals surface area contributed by atoms with Crippen molar-refractivity contribution < 1.29 is 14.3 Å². The molecule has 0 spiro atoms. The maximum absolute atomic E-state index is 14.0. The molecule has 0 saturated carbocycles. The van der Waals surface area contributed by atoms with Crippen LogP contribution in [-0.2, 0) is 13.0 Å². The Kier molecular flexibility index (Phi) is 3.68. The van der Waals surface area contributed by atoms with Gasteiger partial charge in [0.2, 0.25) is 5.69 Å². The molecule has 6 nitrogen and oxygen atoms in total. The molecule has 1 aliphatic heterocycles. The predicted octanol–water partition coefficient (Wildman–Crippen LogP) is 2.67. The normalized spacial score (nSPS) is 13.6. The molecule has 0 radical (unpaired) electrons. The maximum Gasteiger partial charge on any atom is 0.360 e. The Bertz CT molecular complexity index is 954. The number of carboxylic acids is 1. The Morgan fingerprint density at radius 1 is 1.04 bits per heavy atom. The Hall–Kier alpha value is -3.22. The second-order valence-corrected chi connectivity index (χ2v) is 5.86. The zero-order valence-electron chi connectivity index (χ0n) is 13.3. The first-order chi connectivity index (χ1) is 12.1. The van der Waals surface area contributed by atoms with Crippen LogP contribution >= 0.6 is 0 Å². The second kappa shape index (κ2) is 6.01. The van der Waals surface area contributed by atoms with E-state index in [0.717, 1.165) is 16.8 Å². The number of benzene rings is 2. The van der Waals surface area contributed by atoms with Gasteiger partial charge in [0.1, 0.15) is 5.69 Å². The lowest BCUT2D eigenvalue weighted by Crippen LogP contribution is -2.31. The molecule has 126 valence electrons. The van der Waals surface area contributed by atoms with Gasteiger partial charge in [-0.25, -0.2) is 9.18 Å². The van der Waals surface area contributed by atoms with E-state index in [0.29, 0.717) is 13.1 Å². The van der Waals surface area contributed by atoms with Gasteiger partial charge in [-0.3, -0.25) is 0 Å². The van der Waals surface area contributed by atoms with Gasteiger partial charge in [-0.1, -0.05) is 36.4 Å². The SMILES string of the molecule is O=C(O)c1nn(-c2ccccc2F)nc1N1CCc2ccccc2C1. The third kappa shape index (κ3) is 2.73. The van der Waals surface area contributed by atoms with E-state index in [4.69, 9.17) is 0 Å². The number of carboxylic acid groups (broad SMARTS) is 1. The molecule has 0 unspecified atom stereocenters. The molecule has 0 aliphatic carbocycles. The summed E-state index contributed by atoms with van der Waals surface area (Å²) in [5, 5.41) is 17.8. The van der Waals surface area contributed by atoms with Gasteiger partial charge in [0, 0.05) is 13.1 Å². The lowest BCUT2D eigenvalue weighted by Gasteiger charge is -2.28. The van der Waals surface area contributed by atoms with E-state index in [9.17, 15) is 14.3 Å². The van der Waals surface area contributed by atoms with Gasteiger partial charge in [-0.15, -0.1) is 15.0 Å². The topological polar surface area (TPSA) is 71.2 Å². The van der Waals surface area contributed by atoms with Gasteiger partial charge in [0.25, 0.3) is 0 Å². The highest BCUT2D eigenvalue weighted by Gasteiger charge is 2.26. The summed E-state index contributed by atoms with van der Waals surface area (Å²) in [6.07, 6.45) is 0.793. The first kappa shape index (κ1) is 15.3. The summed E-state index contributed by atoms with van der Waals surface area (Å²) >= 11 is 0. The van der Waals surface area contributed by atoms with E-state index < -0.39 is 11.8 Å². The standard InChI is InChI=1S/C18H15FN4O2/c19-14-7-3-4-8-15(14)23-20-16(18(24)25)17(21-23)22-10-9-12-5-1-2-6-13(12)11-22/h1-8H,9-11H2,(H,24,25). The quantitative estimate of drug-likeness (QED) is 0.795. The molecule has 0 atom stereocenters. The maximum atomic E-state index is 14.0. The molecule has 0 saturated heterocycles. The number of nitrogens with zero attached hydrogens (tertiary/aromatic N) is 4. The second-order valence-electron chi connectivity index (χ2n) is 5.86. The van der Waals surface area contributed by atoms with Gasteiger partial charge in [-0.2, -0.15) is 0 Å². The first-order valence-electron chi connectivity index (χ1n) is 7.91. The smallest absolute Gasteiger partial charge is 0.360 e. The van der Waals surface area contributed by atoms with E-state index in [1.165, 1.54) is 17.7 Å². The molecule has 0 fully saturated rings. The van der Waals surface area contributed by atoms with Crippen LogP contribution in [-0.4, -0.2) is 32.6 Å². The highest BCUT2D eigenvalue weighted by Crippen LogP contribution is 2.26. The average molecular weight is 338 g/mol.